The minimum absolute atomic E-state index is 0.0600. The SMILES string of the molecule is CC(C)(C)c1cc(-c2ccc3c(c2)Oc2cc(-c4ccc5c(c4)C4(c6ccccc6O5)c5ccccc5-c5ccccc54)cc4c2B3c2ccc(-c3cc(C(C)(C)C)cc(C(C)(C)C)c3)cc2N4c2c(-c3ccccc3)cc(C(C)(C)C)cc2-c2ccccc2)cc(C(C)(C)C)c1. The maximum atomic E-state index is 7.81. The van der Waals surface area contributed by atoms with Gasteiger partial charge < -0.3 is 14.4 Å². The van der Waals surface area contributed by atoms with E-state index in [-0.39, 0.29) is 33.8 Å². The molecule has 0 saturated heterocycles. The van der Waals surface area contributed by atoms with Crippen LogP contribution in [0.2, 0.25) is 0 Å². The van der Waals surface area contributed by atoms with Gasteiger partial charge in [-0.3, -0.25) is 0 Å². The van der Waals surface area contributed by atoms with E-state index in [9.17, 15) is 0 Å². The van der Waals surface area contributed by atoms with Gasteiger partial charge in [0.15, 0.2) is 0 Å². The molecule has 12 aromatic rings. The van der Waals surface area contributed by atoms with Gasteiger partial charge in [0.25, 0.3) is 6.71 Å². The molecule has 0 radical (unpaired) electrons. The molecule has 0 bridgehead atoms. The second-order valence-corrected chi connectivity index (χ2v) is 33.0. The predicted octanol–water partition coefficient (Wildman–Crippen LogP) is 23.4. The van der Waals surface area contributed by atoms with Crippen LogP contribution in [0.4, 0.5) is 17.1 Å². The number of ether oxygens (including phenoxy) is 2. The molecule has 0 atom stereocenters. The van der Waals surface area contributed by atoms with Crippen LogP contribution in [0.1, 0.15) is 154 Å². The van der Waals surface area contributed by atoms with Gasteiger partial charge in [0.1, 0.15) is 23.0 Å². The zero-order valence-corrected chi connectivity index (χ0v) is 59.0. The molecule has 3 nitrogen and oxygen atoms in total. The molecule has 478 valence electrons. The lowest BCUT2D eigenvalue weighted by Gasteiger charge is -2.42. The molecule has 3 heterocycles. The van der Waals surface area contributed by atoms with Gasteiger partial charge in [-0.1, -0.05) is 298 Å². The third kappa shape index (κ3) is 10.2. The Labute approximate surface area is 576 Å². The predicted molar refractivity (Wildman–Crippen MR) is 410 cm³/mol. The molecule has 0 N–H and O–H groups in total. The molecule has 16 rings (SSSR count). The first-order valence-electron chi connectivity index (χ1n) is 34.9. The van der Waals surface area contributed by atoms with Gasteiger partial charge in [0.2, 0.25) is 0 Å². The van der Waals surface area contributed by atoms with Crippen LogP contribution in [0, 0.1) is 0 Å². The zero-order valence-electron chi connectivity index (χ0n) is 59.0. The fraction of sp³-hybridized carbons (Fsp3) is 0.226. The van der Waals surface area contributed by atoms with E-state index in [0.29, 0.717) is 0 Å². The van der Waals surface area contributed by atoms with Crippen LogP contribution in [-0.4, -0.2) is 6.71 Å². The number of nitrogens with zero attached hydrogens (tertiary/aromatic N) is 1. The van der Waals surface area contributed by atoms with Crippen LogP contribution in [-0.2, 0) is 32.5 Å². The number of para-hydroxylation sites is 1. The summed E-state index contributed by atoms with van der Waals surface area (Å²) < 4.78 is 14.9. The lowest BCUT2D eigenvalue weighted by molar-refractivity contribution is 0.436. The van der Waals surface area contributed by atoms with Crippen molar-refractivity contribution in [3.8, 4) is 89.8 Å². The molecule has 4 aliphatic rings. The minimum Gasteiger partial charge on any atom is -0.458 e. The number of rotatable bonds is 6. The van der Waals surface area contributed by atoms with Gasteiger partial charge in [-0.25, -0.2) is 0 Å². The van der Waals surface area contributed by atoms with E-state index in [0.717, 1.165) is 101 Å². The van der Waals surface area contributed by atoms with Gasteiger partial charge in [0, 0.05) is 33.6 Å². The first-order valence-corrected chi connectivity index (χ1v) is 34.9. The van der Waals surface area contributed by atoms with Crippen molar-refractivity contribution in [2.75, 3.05) is 4.90 Å². The highest BCUT2D eigenvalue weighted by molar-refractivity contribution is 6.99. The molecule has 1 aliphatic carbocycles. The van der Waals surface area contributed by atoms with Crippen LogP contribution in [0.3, 0.4) is 0 Å². The Morgan fingerprint density at radius 1 is 0.268 bits per heavy atom. The summed E-state index contributed by atoms with van der Waals surface area (Å²) in [6.07, 6.45) is 0. The number of anilines is 3. The Morgan fingerprint density at radius 3 is 1.19 bits per heavy atom. The molecule has 12 aromatic carbocycles. The van der Waals surface area contributed by atoms with E-state index in [4.69, 9.17) is 9.47 Å². The smallest absolute Gasteiger partial charge is 0.256 e. The summed E-state index contributed by atoms with van der Waals surface area (Å²) in [4.78, 5) is 2.66. The van der Waals surface area contributed by atoms with Gasteiger partial charge in [-0.15, -0.1) is 0 Å². The standard InChI is InChI=1S/C93H86BNO2/c1-88(2,3)65-44-62(45-66(53-65)89(4,5)6)60-38-41-78-80(49-60)95(87-72(57-28-18-16-19-29-57)55-69(92(13,14)15)56-73(87)58-30-20-17-21-31-58)81-50-64(52-85-86(81)94(78)79-42-39-61(51-84(79)97-85)63-46-67(90(7,8)9)54-68(47-63)91(10,11)12)59-40-43-83-77(48-59)93(76-36-26-27-37-82(76)96-83)74-34-24-22-32-70(74)71-33-23-25-35-75(71)93/h16-56H,1-15H3. The van der Waals surface area contributed by atoms with E-state index in [1.54, 1.807) is 0 Å². The van der Waals surface area contributed by atoms with E-state index in [2.05, 4.69) is 357 Å². The highest BCUT2D eigenvalue weighted by Gasteiger charge is 2.52. The van der Waals surface area contributed by atoms with E-state index in [1.165, 1.54) is 72.2 Å². The molecule has 0 fully saturated rings. The summed E-state index contributed by atoms with van der Waals surface area (Å²) in [7, 11) is 0. The summed E-state index contributed by atoms with van der Waals surface area (Å²) in [5.41, 5.74) is 30.9. The highest BCUT2D eigenvalue weighted by Crippen LogP contribution is 2.63. The second-order valence-electron chi connectivity index (χ2n) is 33.0. The van der Waals surface area contributed by atoms with E-state index >= 15 is 0 Å². The molecular formula is C93H86BNO2. The lowest BCUT2D eigenvalue weighted by Crippen LogP contribution is -2.59. The van der Waals surface area contributed by atoms with Crippen molar-refractivity contribution in [3.05, 3.63) is 299 Å². The van der Waals surface area contributed by atoms with Crippen molar-refractivity contribution < 1.29 is 9.47 Å². The van der Waals surface area contributed by atoms with Crippen molar-refractivity contribution in [2.24, 2.45) is 0 Å². The maximum Gasteiger partial charge on any atom is 0.256 e. The Hall–Kier alpha value is -9.90. The van der Waals surface area contributed by atoms with Gasteiger partial charge in [-0.05, 0) is 193 Å². The average molecular weight is 1260 g/mol. The second kappa shape index (κ2) is 22.1. The molecule has 3 aliphatic heterocycles. The Balaban J connectivity index is 1.02. The number of fused-ring (bicyclic) bond motifs is 13. The minimum atomic E-state index is -0.660. The number of hydrogen-bond acceptors (Lipinski definition) is 3. The first kappa shape index (κ1) is 61.9. The summed E-state index contributed by atoms with van der Waals surface area (Å²) >= 11 is 0. The third-order valence-electron chi connectivity index (χ3n) is 21.3. The summed E-state index contributed by atoms with van der Waals surface area (Å²) in [5.74, 6) is 3.43. The van der Waals surface area contributed by atoms with Crippen LogP contribution in [0.15, 0.2) is 249 Å². The van der Waals surface area contributed by atoms with E-state index < -0.39 is 5.41 Å². The first-order chi connectivity index (χ1) is 46.2. The van der Waals surface area contributed by atoms with Crippen molar-refractivity contribution in [3.63, 3.8) is 0 Å². The Morgan fingerprint density at radius 2 is 0.660 bits per heavy atom. The molecule has 0 saturated carbocycles. The third-order valence-corrected chi connectivity index (χ3v) is 21.3. The largest absolute Gasteiger partial charge is 0.458 e. The zero-order chi connectivity index (χ0) is 67.5. The summed E-state index contributed by atoms with van der Waals surface area (Å²) in [5, 5.41) is 0. The number of benzene rings is 12. The molecular weight excluding hydrogens is 1170 g/mol. The fourth-order valence-electron chi connectivity index (χ4n) is 15.8. The quantitative estimate of drug-likeness (QED) is 0.155. The van der Waals surface area contributed by atoms with Crippen molar-refractivity contribution in [2.45, 2.75) is 136 Å². The van der Waals surface area contributed by atoms with Gasteiger partial charge in [-0.2, -0.15) is 0 Å². The van der Waals surface area contributed by atoms with Crippen molar-refractivity contribution in [1.29, 1.82) is 0 Å². The molecule has 4 heteroatoms. The highest BCUT2D eigenvalue weighted by atomic mass is 16.5. The van der Waals surface area contributed by atoms with Gasteiger partial charge >= 0.3 is 0 Å². The van der Waals surface area contributed by atoms with Crippen molar-refractivity contribution >= 4 is 40.2 Å². The van der Waals surface area contributed by atoms with Crippen LogP contribution >= 0.6 is 0 Å². The Kier molecular flexibility index (Phi) is 14.1. The fourth-order valence-corrected chi connectivity index (χ4v) is 15.8. The summed E-state index contributed by atoms with van der Waals surface area (Å²) in [6, 6.07) is 94.7. The van der Waals surface area contributed by atoms with Gasteiger partial charge in [0.05, 0.1) is 11.1 Å². The maximum absolute atomic E-state index is 7.81. The number of hydrogen-bond donors (Lipinski definition) is 0. The molecule has 0 amide bonds. The summed E-state index contributed by atoms with van der Waals surface area (Å²) in [6.45, 7) is 34.8. The van der Waals surface area contributed by atoms with E-state index in [1.807, 2.05) is 0 Å². The lowest BCUT2D eigenvalue weighted by atomic mass is 9.34. The molecule has 1 spiro atoms. The van der Waals surface area contributed by atoms with Crippen LogP contribution < -0.4 is 30.8 Å². The molecule has 0 unspecified atom stereocenters. The molecule has 0 aromatic heterocycles. The Bertz CT molecular complexity index is 5020. The molecule has 97 heavy (non-hydrogen) atoms. The van der Waals surface area contributed by atoms with Crippen molar-refractivity contribution in [1.82, 2.24) is 0 Å². The normalized spacial score (nSPS) is 14.1. The monoisotopic (exact) mass is 1260 g/mol. The topological polar surface area (TPSA) is 21.7 Å². The van der Waals surface area contributed by atoms with Crippen LogP contribution in [0.5, 0.6) is 23.0 Å². The average Bonchev–Trinajstić information content (AvgIpc) is 1.66. The van der Waals surface area contributed by atoms with Crippen LogP contribution in [0.25, 0.3) is 66.8 Å².